The Morgan fingerprint density at radius 2 is 2.22 bits per heavy atom. The molecule has 0 saturated heterocycles. The molecule has 4 nitrogen and oxygen atoms in total. The molecule has 0 bridgehead atoms. The van der Waals surface area contributed by atoms with E-state index in [1.165, 1.54) is 11.8 Å². The molecule has 0 aliphatic rings. The minimum atomic E-state index is -0.0183. The van der Waals surface area contributed by atoms with Gasteiger partial charge < -0.3 is 14.5 Å². The lowest BCUT2D eigenvalue weighted by atomic mass is 10.0. The molecule has 3 rings (SSSR count). The molecule has 5 heteroatoms. The first-order chi connectivity index (χ1) is 11.2. The van der Waals surface area contributed by atoms with E-state index in [0.717, 1.165) is 40.9 Å². The van der Waals surface area contributed by atoms with Crippen LogP contribution in [0, 0.1) is 0 Å². The first-order valence-corrected chi connectivity index (χ1v) is 8.40. The molecule has 2 aromatic heterocycles. The molecule has 120 valence electrons. The number of fused-ring (bicyclic) bond motifs is 1. The summed E-state index contributed by atoms with van der Waals surface area (Å²) in [5.74, 6) is 1.75. The van der Waals surface area contributed by atoms with E-state index in [1.54, 1.807) is 18.4 Å². The van der Waals surface area contributed by atoms with Crippen LogP contribution in [0.5, 0.6) is 5.75 Å². The smallest absolute Gasteiger partial charge is 0.216 e. The van der Waals surface area contributed by atoms with Crippen LogP contribution >= 0.6 is 11.3 Å². The van der Waals surface area contributed by atoms with Crippen molar-refractivity contribution in [2.45, 2.75) is 19.8 Å². The van der Waals surface area contributed by atoms with Crippen molar-refractivity contribution in [2.75, 3.05) is 13.7 Å². The molecule has 1 amide bonds. The number of methoxy groups -OCH3 is 1. The van der Waals surface area contributed by atoms with Gasteiger partial charge in [0.1, 0.15) is 17.1 Å². The van der Waals surface area contributed by atoms with Gasteiger partial charge in [0, 0.05) is 35.7 Å². The molecule has 0 aliphatic carbocycles. The first kappa shape index (κ1) is 15.6. The number of thiophene rings is 1. The van der Waals surface area contributed by atoms with Crippen LogP contribution in [0.2, 0.25) is 0 Å². The largest absolute Gasteiger partial charge is 0.497 e. The number of carbonyl (C=O) groups excluding carboxylic acids is 1. The fourth-order valence-corrected chi connectivity index (χ4v) is 3.36. The third-order valence-corrected chi connectivity index (χ3v) is 4.62. The number of benzene rings is 1. The molecule has 3 aromatic rings. The van der Waals surface area contributed by atoms with E-state index in [9.17, 15) is 4.79 Å². The number of hydrogen-bond acceptors (Lipinski definition) is 4. The third kappa shape index (κ3) is 3.56. The van der Waals surface area contributed by atoms with Crippen molar-refractivity contribution in [2.24, 2.45) is 0 Å². The van der Waals surface area contributed by atoms with Gasteiger partial charge in [0.05, 0.1) is 7.11 Å². The second kappa shape index (κ2) is 6.87. The van der Waals surface area contributed by atoms with Crippen LogP contribution in [0.3, 0.4) is 0 Å². The van der Waals surface area contributed by atoms with Gasteiger partial charge in [0.2, 0.25) is 5.91 Å². The van der Waals surface area contributed by atoms with Gasteiger partial charge >= 0.3 is 0 Å². The normalized spacial score (nSPS) is 10.9. The SMILES string of the molecule is COc1ccc2oc(Cc3cccs3)c(CCNC(C)=O)c2c1. The number of rotatable bonds is 6. The highest BCUT2D eigenvalue weighted by Gasteiger charge is 2.15. The number of furan rings is 1. The summed E-state index contributed by atoms with van der Waals surface area (Å²) in [5.41, 5.74) is 2.00. The van der Waals surface area contributed by atoms with Crippen LogP contribution in [-0.2, 0) is 17.6 Å². The predicted molar refractivity (Wildman–Crippen MR) is 92.3 cm³/mol. The second-order valence-corrected chi connectivity index (χ2v) is 6.39. The molecule has 23 heavy (non-hydrogen) atoms. The number of hydrogen-bond donors (Lipinski definition) is 1. The van der Waals surface area contributed by atoms with Crippen molar-refractivity contribution < 1.29 is 13.9 Å². The Balaban J connectivity index is 1.96. The molecule has 0 radical (unpaired) electrons. The molecule has 2 heterocycles. The van der Waals surface area contributed by atoms with Gasteiger partial charge in [0.25, 0.3) is 0 Å². The summed E-state index contributed by atoms with van der Waals surface area (Å²) in [5, 5.41) is 5.98. The minimum Gasteiger partial charge on any atom is -0.497 e. The van der Waals surface area contributed by atoms with E-state index in [4.69, 9.17) is 9.15 Å². The van der Waals surface area contributed by atoms with Gasteiger partial charge in [-0.25, -0.2) is 0 Å². The second-order valence-electron chi connectivity index (χ2n) is 5.35. The van der Waals surface area contributed by atoms with E-state index in [2.05, 4.69) is 16.8 Å². The average molecular weight is 329 g/mol. The first-order valence-electron chi connectivity index (χ1n) is 7.52. The molecule has 1 N–H and O–H groups in total. The van der Waals surface area contributed by atoms with E-state index in [1.807, 2.05) is 24.3 Å². The molecule has 0 aliphatic heterocycles. The van der Waals surface area contributed by atoms with Crippen LogP contribution < -0.4 is 10.1 Å². The molecule has 0 atom stereocenters. The zero-order valence-corrected chi connectivity index (χ0v) is 14.0. The highest BCUT2D eigenvalue weighted by atomic mass is 32.1. The van der Waals surface area contributed by atoms with Crippen molar-refractivity contribution in [1.82, 2.24) is 5.32 Å². The zero-order valence-electron chi connectivity index (χ0n) is 13.2. The Morgan fingerprint density at radius 1 is 1.35 bits per heavy atom. The van der Waals surface area contributed by atoms with Crippen LogP contribution in [0.1, 0.15) is 23.1 Å². The average Bonchev–Trinajstić information content (AvgIpc) is 3.15. The number of carbonyl (C=O) groups is 1. The standard InChI is InChI=1S/C18H19NO3S/c1-12(20)19-8-7-15-16-10-13(21-2)5-6-17(16)22-18(15)11-14-4-3-9-23-14/h3-6,9-10H,7-8,11H2,1-2H3,(H,19,20). The Morgan fingerprint density at radius 3 is 2.91 bits per heavy atom. The Labute approximate surface area is 139 Å². The van der Waals surface area contributed by atoms with E-state index in [0.29, 0.717) is 6.54 Å². The lowest BCUT2D eigenvalue weighted by Crippen LogP contribution is -2.22. The van der Waals surface area contributed by atoms with Crippen molar-refractivity contribution in [3.63, 3.8) is 0 Å². The number of amides is 1. The van der Waals surface area contributed by atoms with Crippen LogP contribution in [-0.4, -0.2) is 19.6 Å². The van der Waals surface area contributed by atoms with Crippen LogP contribution in [0.15, 0.2) is 40.1 Å². The van der Waals surface area contributed by atoms with Crippen molar-refractivity contribution in [1.29, 1.82) is 0 Å². The van der Waals surface area contributed by atoms with Crippen molar-refractivity contribution in [3.05, 3.63) is 51.9 Å². The van der Waals surface area contributed by atoms with Gasteiger partial charge in [-0.15, -0.1) is 11.3 Å². The highest BCUT2D eigenvalue weighted by molar-refractivity contribution is 7.09. The number of ether oxygens (including phenoxy) is 1. The highest BCUT2D eigenvalue weighted by Crippen LogP contribution is 2.31. The Hall–Kier alpha value is -2.27. The van der Waals surface area contributed by atoms with E-state index >= 15 is 0 Å². The molecular weight excluding hydrogens is 310 g/mol. The van der Waals surface area contributed by atoms with Crippen molar-refractivity contribution in [3.8, 4) is 5.75 Å². The van der Waals surface area contributed by atoms with E-state index in [-0.39, 0.29) is 5.91 Å². The summed E-state index contributed by atoms with van der Waals surface area (Å²) in [6.45, 7) is 2.13. The summed E-state index contributed by atoms with van der Waals surface area (Å²) in [7, 11) is 1.66. The predicted octanol–water partition coefficient (Wildman–Crippen LogP) is 3.77. The van der Waals surface area contributed by atoms with Gasteiger partial charge in [-0.05, 0) is 36.1 Å². The molecule has 0 fully saturated rings. The zero-order chi connectivity index (χ0) is 16.2. The Bertz CT molecular complexity index is 805. The molecule has 1 aromatic carbocycles. The molecule has 0 saturated carbocycles. The summed E-state index contributed by atoms with van der Waals surface area (Å²) in [6.07, 6.45) is 1.50. The topological polar surface area (TPSA) is 51.5 Å². The van der Waals surface area contributed by atoms with Gasteiger partial charge in [-0.1, -0.05) is 6.07 Å². The minimum absolute atomic E-state index is 0.0183. The van der Waals surface area contributed by atoms with E-state index < -0.39 is 0 Å². The monoisotopic (exact) mass is 329 g/mol. The lowest BCUT2D eigenvalue weighted by Gasteiger charge is -2.04. The van der Waals surface area contributed by atoms with Crippen LogP contribution in [0.25, 0.3) is 11.0 Å². The Kier molecular flexibility index (Phi) is 4.67. The van der Waals surface area contributed by atoms with Gasteiger partial charge in [-0.3, -0.25) is 4.79 Å². The summed E-state index contributed by atoms with van der Waals surface area (Å²) < 4.78 is 11.4. The molecule has 0 unspecified atom stereocenters. The fraction of sp³-hybridized carbons (Fsp3) is 0.278. The van der Waals surface area contributed by atoms with Gasteiger partial charge in [0.15, 0.2) is 0 Å². The summed E-state index contributed by atoms with van der Waals surface area (Å²) in [6, 6.07) is 9.99. The maximum Gasteiger partial charge on any atom is 0.216 e. The number of nitrogens with one attached hydrogen (secondary N) is 1. The van der Waals surface area contributed by atoms with Gasteiger partial charge in [-0.2, -0.15) is 0 Å². The lowest BCUT2D eigenvalue weighted by molar-refractivity contribution is -0.118. The maximum absolute atomic E-state index is 11.1. The fourth-order valence-electron chi connectivity index (χ4n) is 2.66. The molecular formula is C18H19NO3S. The van der Waals surface area contributed by atoms with Crippen LogP contribution in [0.4, 0.5) is 0 Å². The molecule has 0 spiro atoms. The maximum atomic E-state index is 11.1. The summed E-state index contributed by atoms with van der Waals surface area (Å²) in [4.78, 5) is 12.4. The summed E-state index contributed by atoms with van der Waals surface area (Å²) >= 11 is 1.72. The van der Waals surface area contributed by atoms with Crippen molar-refractivity contribution >= 4 is 28.2 Å². The quantitative estimate of drug-likeness (QED) is 0.749. The third-order valence-electron chi connectivity index (χ3n) is 3.75.